The molecular weight excluding hydrogens is 644 g/mol. The number of hydrogen-bond acceptors (Lipinski definition) is 8. The molecule has 4 N–H and O–H groups in total. The van der Waals surface area contributed by atoms with Crippen LogP contribution in [-0.2, 0) is 33.5 Å². The molecule has 1 saturated heterocycles. The number of benzene rings is 1. The first kappa shape index (κ1) is 41.7. The fraction of sp³-hybridized carbons (Fsp3) is 0.639. The fourth-order valence-corrected chi connectivity index (χ4v) is 5.61. The Morgan fingerprint density at radius 1 is 0.940 bits per heavy atom. The van der Waals surface area contributed by atoms with Crippen LogP contribution in [-0.4, -0.2) is 102 Å². The van der Waals surface area contributed by atoms with Gasteiger partial charge in [-0.05, 0) is 50.0 Å². The van der Waals surface area contributed by atoms with E-state index < -0.39 is 82.6 Å². The molecule has 0 bridgehead atoms. The van der Waals surface area contributed by atoms with Crippen LogP contribution in [0.25, 0.3) is 0 Å². The first-order valence-corrected chi connectivity index (χ1v) is 16.9. The monoisotopic (exact) mass is 700 g/mol. The maximum atomic E-state index is 14.0. The summed E-state index contributed by atoms with van der Waals surface area (Å²) in [7, 11) is 3.11. The molecule has 4 atom stereocenters. The lowest BCUT2D eigenvalue weighted by Gasteiger charge is -2.36. The summed E-state index contributed by atoms with van der Waals surface area (Å²) >= 11 is 0. The molecule has 50 heavy (non-hydrogen) atoms. The third-order valence-electron chi connectivity index (χ3n) is 8.05. The van der Waals surface area contributed by atoms with Gasteiger partial charge in [-0.2, -0.15) is 0 Å². The van der Waals surface area contributed by atoms with Gasteiger partial charge in [-0.3, -0.25) is 28.8 Å². The smallest absolute Gasteiger partial charge is 0.408 e. The number of rotatable bonds is 13. The highest BCUT2D eigenvalue weighted by Gasteiger charge is 2.48. The van der Waals surface area contributed by atoms with E-state index in [9.17, 15) is 33.6 Å². The molecule has 0 radical (unpaired) electrons. The van der Waals surface area contributed by atoms with Crippen molar-refractivity contribution in [3.8, 4) is 0 Å². The number of likely N-dealkylation sites (N-methyl/N-ethyl adjacent to an activating group) is 1. The van der Waals surface area contributed by atoms with Gasteiger partial charge < -0.3 is 35.8 Å². The number of hydrogen-bond donors (Lipinski definition) is 4. The average molecular weight is 701 g/mol. The lowest BCUT2D eigenvalue weighted by molar-refractivity contribution is -0.144. The summed E-state index contributed by atoms with van der Waals surface area (Å²) in [6.07, 6.45) is 0.0904. The molecule has 2 rings (SSSR count). The predicted octanol–water partition coefficient (Wildman–Crippen LogP) is 2.47. The first-order chi connectivity index (χ1) is 23.0. The summed E-state index contributed by atoms with van der Waals surface area (Å²) < 4.78 is 5.40. The molecule has 1 heterocycles. The van der Waals surface area contributed by atoms with Crippen molar-refractivity contribution >= 4 is 41.4 Å². The molecule has 1 fully saturated rings. The van der Waals surface area contributed by atoms with Gasteiger partial charge in [0, 0.05) is 20.6 Å². The molecule has 1 aromatic rings. The fourth-order valence-electron chi connectivity index (χ4n) is 5.61. The molecule has 14 nitrogen and oxygen atoms in total. The van der Waals surface area contributed by atoms with Crippen molar-refractivity contribution in [1.82, 2.24) is 31.1 Å². The van der Waals surface area contributed by atoms with Crippen LogP contribution >= 0.6 is 0 Å². The Kier molecular flexibility index (Phi) is 14.1. The Hall–Kier alpha value is -4.49. The quantitative estimate of drug-likeness (QED) is 0.226. The second-order valence-corrected chi connectivity index (χ2v) is 15.8. The van der Waals surface area contributed by atoms with E-state index >= 15 is 0 Å². The highest BCUT2D eigenvalue weighted by atomic mass is 16.6. The minimum Gasteiger partial charge on any atom is -0.444 e. The molecule has 4 unspecified atom stereocenters. The zero-order chi connectivity index (χ0) is 38.2. The molecular formula is C36H56N6O8. The van der Waals surface area contributed by atoms with Crippen LogP contribution < -0.4 is 21.3 Å². The number of carbonyl (C=O) groups excluding carboxylic acids is 7. The topological polar surface area (TPSA) is 183 Å². The SMILES string of the molecule is CCCC(NC(=O)C1CC(C)(C)CN1C(=O)C(NC(=O)OC(C)(C)C)C(C)(C)C)C(=O)C(=O)NCC(=O)NC(C(=O)N(C)C)c1ccccc1. The van der Waals surface area contributed by atoms with Crippen molar-refractivity contribution in [2.75, 3.05) is 27.2 Å². The standard InChI is InChI=1S/C36H56N6O8/c1-12-16-23(27(44)30(46)37-20-25(43)39-26(31(47)41(10)11)22-17-14-13-15-18-22)38-29(45)24-19-36(8,9)21-42(24)32(48)28(34(2,3)4)40-33(49)50-35(5,6)7/h13-15,17-18,23-24,26,28H,12,16,19-21H2,1-11H3,(H,37,46)(H,38,45)(H,39,43)(H,40,49). The third kappa shape index (κ3) is 12.1. The molecule has 1 aliphatic heterocycles. The summed E-state index contributed by atoms with van der Waals surface area (Å²) in [5.41, 5.74) is -1.45. The number of likely N-dealkylation sites (tertiary alicyclic amines) is 1. The molecule has 0 saturated carbocycles. The van der Waals surface area contributed by atoms with Gasteiger partial charge in [-0.15, -0.1) is 0 Å². The van der Waals surface area contributed by atoms with E-state index in [1.165, 1.54) is 9.80 Å². The molecule has 1 aliphatic rings. The maximum absolute atomic E-state index is 14.0. The van der Waals surface area contributed by atoms with E-state index in [-0.39, 0.29) is 25.3 Å². The van der Waals surface area contributed by atoms with Gasteiger partial charge in [0.25, 0.3) is 5.91 Å². The van der Waals surface area contributed by atoms with Crippen LogP contribution in [0.1, 0.15) is 93.2 Å². The Balaban J connectivity index is 2.18. The number of nitrogens with one attached hydrogen (secondary N) is 4. The van der Waals surface area contributed by atoms with Crippen molar-refractivity contribution in [2.45, 2.75) is 111 Å². The normalized spacial score (nSPS) is 17.4. The summed E-state index contributed by atoms with van der Waals surface area (Å²) in [4.78, 5) is 95.1. The molecule has 278 valence electrons. The van der Waals surface area contributed by atoms with Crippen molar-refractivity contribution in [3.63, 3.8) is 0 Å². The van der Waals surface area contributed by atoms with Crippen LogP contribution in [0.4, 0.5) is 4.79 Å². The van der Waals surface area contributed by atoms with Gasteiger partial charge in [-0.1, -0.05) is 78.3 Å². The van der Waals surface area contributed by atoms with Gasteiger partial charge in [-0.25, -0.2) is 4.79 Å². The molecule has 6 amide bonds. The van der Waals surface area contributed by atoms with Crippen LogP contribution in [0, 0.1) is 10.8 Å². The highest BCUT2D eigenvalue weighted by Crippen LogP contribution is 2.36. The lowest BCUT2D eigenvalue weighted by Crippen LogP contribution is -2.59. The zero-order valence-corrected chi connectivity index (χ0v) is 31.4. The predicted molar refractivity (Wildman–Crippen MR) is 187 cm³/mol. The van der Waals surface area contributed by atoms with E-state index in [2.05, 4.69) is 21.3 Å². The number of nitrogens with zero attached hydrogens (tertiary/aromatic N) is 2. The number of alkyl carbamates (subject to hydrolysis) is 1. The van der Waals surface area contributed by atoms with Gasteiger partial charge in [0.1, 0.15) is 23.7 Å². The van der Waals surface area contributed by atoms with E-state index in [1.54, 1.807) is 92.9 Å². The number of carbonyl (C=O) groups is 7. The summed E-state index contributed by atoms with van der Waals surface area (Å²) in [5.74, 6) is -4.19. The van der Waals surface area contributed by atoms with Gasteiger partial charge in [0.15, 0.2) is 0 Å². The molecule has 0 spiro atoms. The Labute approximate surface area is 295 Å². The number of Topliss-reactive ketones (excluding diaryl/α,β-unsaturated/α-hetero) is 1. The van der Waals surface area contributed by atoms with Crippen molar-refractivity contribution in [3.05, 3.63) is 35.9 Å². The maximum Gasteiger partial charge on any atom is 0.408 e. The largest absolute Gasteiger partial charge is 0.444 e. The summed E-state index contributed by atoms with van der Waals surface area (Å²) in [6, 6.07) is 4.38. The van der Waals surface area contributed by atoms with Crippen molar-refractivity contribution in [2.24, 2.45) is 10.8 Å². The number of ether oxygens (including phenoxy) is 1. The Bertz CT molecular complexity index is 1410. The van der Waals surface area contributed by atoms with E-state index in [0.717, 1.165) is 0 Å². The van der Waals surface area contributed by atoms with E-state index in [0.29, 0.717) is 12.0 Å². The minimum atomic E-state index is -1.22. The van der Waals surface area contributed by atoms with E-state index in [4.69, 9.17) is 4.74 Å². The van der Waals surface area contributed by atoms with Crippen molar-refractivity contribution < 1.29 is 38.3 Å². The van der Waals surface area contributed by atoms with Gasteiger partial charge in [0.05, 0.1) is 12.6 Å². The van der Waals surface area contributed by atoms with Crippen LogP contribution in [0.2, 0.25) is 0 Å². The first-order valence-electron chi connectivity index (χ1n) is 16.9. The molecule has 1 aromatic carbocycles. The van der Waals surface area contributed by atoms with Crippen LogP contribution in [0.15, 0.2) is 30.3 Å². The highest BCUT2D eigenvalue weighted by molar-refractivity contribution is 6.38. The molecule has 0 aromatic heterocycles. The summed E-state index contributed by atoms with van der Waals surface area (Å²) in [6.45, 7) is 15.8. The Morgan fingerprint density at radius 2 is 1.54 bits per heavy atom. The second kappa shape index (κ2) is 16.9. The third-order valence-corrected chi connectivity index (χ3v) is 8.05. The van der Waals surface area contributed by atoms with Crippen LogP contribution in [0.3, 0.4) is 0 Å². The molecule has 14 heteroatoms. The van der Waals surface area contributed by atoms with Gasteiger partial charge >= 0.3 is 6.09 Å². The summed E-state index contributed by atoms with van der Waals surface area (Å²) in [5, 5.41) is 10.3. The second-order valence-electron chi connectivity index (χ2n) is 15.8. The number of ketones is 1. The lowest BCUT2D eigenvalue weighted by atomic mass is 9.85. The van der Waals surface area contributed by atoms with Crippen molar-refractivity contribution in [1.29, 1.82) is 0 Å². The minimum absolute atomic E-state index is 0.131. The Morgan fingerprint density at radius 3 is 2.06 bits per heavy atom. The van der Waals surface area contributed by atoms with E-state index in [1.807, 2.05) is 13.8 Å². The average Bonchev–Trinajstić information content (AvgIpc) is 3.34. The molecule has 0 aliphatic carbocycles. The van der Waals surface area contributed by atoms with Gasteiger partial charge in [0.2, 0.25) is 29.4 Å². The number of amides is 6. The zero-order valence-electron chi connectivity index (χ0n) is 31.4. The van der Waals surface area contributed by atoms with Crippen LogP contribution in [0.5, 0.6) is 0 Å².